The van der Waals surface area contributed by atoms with Crippen molar-refractivity contribution < 1.29 is 4.79 Å². The number of hydrazone groups is 1. The maximum Gasteiger partial charge on any atom is 0.271 e. The molecule has 1 aromatic rings. The minimum atomic E-state index is -0.223. The molecular weight excluding hydrogens is 164 g/mol. The van der Waals surface area contributed by atoms with Gasteiger partial charge >= 0.3 is 0 Å². The average molecular weight is 174 g/mol. The number of allylic oxidation sites excluding steroid dienone is 1. The molecule has 0 aliphatic carbocycles. The van der Waals surface area contributed by atoms with E-state index in [-0.39, 0.29) is 5.91 Å². The van der Waals surface area contributed by atoms with Crippen LogP contribution in [0.25, 0.3) is 0 Å². The van der Waals surface area contributed by atoms with E-state index in [2.05, 4.69) is 17.1 Å². The third kappa shape index (κ3) is 2.91. The summed E-state index contributed by atoms with van der Waals surface area (Å²) in [4.78, 5) is 11.3. The van der Waals surface area contributed by atoms with Crippen molar-refractivity contribution in [3.8, 4) is 0 Å². The molecule has 3 nitrogen and oxygen atoms in total. The van der Waals surface area contributed by atoms with E-state index >= 15 is 0 Å². The second kappa shape index (κ2) is 4.87. The summed E-state index contributed by atoms with van der Waals surface area (Å²) in [7, 11) is 0. The van der Waals surface area contributed by atoms with Crippen LogP contribution in [0.2, 0.25) is 0 Å². The van der Waals surface area contributed by atoms with E-state index in [1.807, 2.05) is 6.07 Å². The highest BCUT2D eigenvalue weighted by Crippen LogP contribution is 1.96. The number of amides is 1. The molecule has 0 aromatic heterocycles. The monoisotopic (exact) mass is 174 g/mol. The van der Waals surface area contributed by atoms with Crippen LogP contribution in [-0.2, 0) is 0 Å². The molecule has 0 heterocycles. The molecule has 0 saturated heterocycles. The molecule has 0 fully saturated rings. The number of hydrogen-bond donors (Lipinski definition) is 1. The van der Waals surface area contributed by atoms with Crippen LogP contribution in [0.3, 0.4) is 0 Å². The van der Waals surface area contributed by atoms with Gasteiger partial charge in [0.2, 0.25) is 0 Å². The first-order chi connectivity index (χ1) is 6.34. The van der Waals surface area contributed by atoms with Gasteiger partial charge in [-0.3, -0.25) is 4.79 Å². The van der Waals surface area contributed by atoms with Crippen LogP contribution >= 0.6 is 0 Å². The Morgan fingerprint density at radius 3 is 2.69 bits per heavy atom. The first-order valence-corrected chi connectivity index (χ1v) is 3.84. The lowest BCUT2D eigenvalue weighted by atomic mass is 10.2. The molecule has 0 aliphatic heterocycles. The van der Waals surface area contributed by atoms with Gasteiger partial charge in [0.15, 0.2) is 0 Å². The summed E-state index contributed by atoms with van der Waals surface area (Å²) in [6.07, 6.45) is 2.91. The van der Waals surface area contributed by atoms with Gasteiger partial charge in [-0.15, -0.1) is 0 Å². The van der Waals surface area contributed by atoms with E-state index in [4.69, 9.17) is 0 Å². The molecule has 1 aromatic carbocycles. The van der Waals surface area contributed by atoms with Crippen molar-refractivity contribution in [2.45, 2.75) is 0 Å². The molecule has 1 N–H and O–H groups in total. The zero-order valence-electron chi connectivity index (χ0n) is 7.10. The van der Waals surface area contributed by atoms with Gasteiger partial charge in [0.05, 0.1) is 0 Å². The third-order valence-electron chi connectivity index (χ3n) is 1.38. The number of benzene rings is 1. The Labute approximate surface area is 76.8 Å². The van der Waals surface area contributed by atoms with Crippen molar-refractivity contribution in [1.29, 1.82) is 0 Å². The maximum absolute atomic E-state index is 11.3. The van der Waals surface area contributed by atoms with Crippen molar-refractivity contribution in [1.82, 2.24) is 5.43 Å². The van der Waals surface area contributed by atoms with Crippen LogP contribution in [0.1, 0.15) is 10.4 Å². The van der Waals surface area contributed by atoms with E-state index in [9.17, 15) is 4.79 Å². The number of hydrogen-bond acceptors (Lipinski definition) is 2. The van der Waals surface area contributed by atoms with E-state index in [0.29, 0.717) is 5.56 Å². The number of carbonyl (C=O) groups excluding carboxylic acids is 1. The second-order valence-corrected chi connectivity index (χ2v) is 2.32. The summed E-state index contributed by atoms with van der Waals surface area (Å²) >= 11 is 0. The van der Waals surface area contributed by atoms with Crippen molar-refractivity contribution in [3.05, 3.63) is 48.6 Å². The van der Waals surface area contributed by atoms with Gasteiger partial charge in [0.1, 0.15) is 0 Å². The van der Waals surface area contributed by atoms with Gasteiger partial charge in [-0.1, -0.05) is 24.8 Å². The summed E-state index contributed by atoms with van der Waals surface area (Å²) < 4.78 is 0. The zero-order valence-corrected chi connectivity index (χ0v) is 7.10. The second-order valence-electron chi connectivity index (χ2n) is 2.32. The number of nitrogens with one attached hydrogen (secondary N) is 1. The van der Waals surface area contributed by atoms with Crippen LogP contribution in [0, 0.1) is 0 Å². The minimum Gasteiger partial charge on any atom is -0.267 e. The molecule has 0 saturated carbocycles. The Hall–Kier alpha value is -1.90. The molecule has 1 amide bonds. The predicted molar refractivity (Wildman–Crippen MR) is 52.6 cm³/mol. The fourth-order valence-corrected chi connectivity index (χ4v) is 0.803. The quantitative estimate of drug-likeness (QED) is 0.548. The molecule has 0 atom stereocenters. The summed E-state index contributed by atoms with van der Waals surface area (Å²) in [5.41, 5.74) is 2.95. The van der Waals surface area contributed by atoms with E-state index in [1.54, 1.807) is 24.3 Å². The summed E-state index contributed by atoms with van der Waals surface area (Å²) in [6.45, 7) is 3.43. The number of carbonyl (C=O) groups is 1. The number of nitrogens with zero attached hydrogens (tertiary/aromatic N) is 1. The SMILES string of the molecule is C=C/C=N/NC(=O)c1ccccc1. The van der Waals surface area contributed by atoms with Crippen LogP contribution in [0.5, 0.6) is 0 Å². The van der Waals surface area contributed by atoms with E-state index < -0.39 is 0 Å². The highest BCUT2D eigenvalue weighted by molar-refractivity contribution is 5.94. The van der Waals surface area contributed by atoms with Gasteiger partial charge in [-0.2, -0.15) is 5.10 Å². The number of rotatable bonds is 3. The molecule has 0 spiro atoms. The zero-order chi connectivity index (χ0) is 9.52. The standard InChI is InChI=1S/C10H10N2O/c1-2-8-11-12-10(13)9-6-4-3-5-7-9/h2-8H,1H2,(H,12,13)/b11-8+. The minimum absolute atomic E-state index is 0.223. The molecule has 3 heteroatoms. The lowest BCUT2D eigenvalue weighted by Gasteiger charge is -1.97. The Morgan fingerprint density at radius 2 is 2.08 bits per heavy atom. The Kier molecular flexibility index (Phi) is 3.45. The normalized spacial score (nSPS) is 9.85. The molecule has 13 heavy (non-hydrogen) atoms. The highest BCUT2D eigenvalue weighted by atomic mass is 16.2. The Balaban J connectivity index is 2.59. The first kappa shape index (κ1) is 9.19. The topological polar surface area (TPSA) is 41.5 Å². The molecule has 66 valence electrons. The molecule has 0 bridgehead atoms. The highest BCUT2D eigenvalue weighted by Gasteiger charge is 2.00. The molecular formula is C10H10N2O. The van der Waals surface area contributed by atoms with Crippen molar-refractivity contribution >= 4 is 12.1 Å². The van der Waals surface area contributed by atoms with Gasteiger partial charge in [-0.25, -0.2) is 5.43 Å². The van der Waals surface area contributed by atoms with Gasteiger partial charge in [-0.05, 0) is 18.2 Å². The molecule has 0 radical (unpaired) electrons. The lowest BCUT2D eigenvalue weighted by molar-refractivity contribution is 0.0955. The predicted octanol–water partition coefficient (Wildman–Crippen LogP) is 1.59. The van der Waals surface area contributed by atoms with Gasteiger partial charge in [0.25, 0.3) is 5.91 Å². The van der Waals surface area contributed by atoms with Crippen LogP contribution < -0.4 is 5.43 Å². The van der Waals surface area contributed by atoms with Crippen LogP contribution in [0.15, 0.2) is 48.1 Å². The summed E-state index contributed by atoms with van der Waals surface area (Å²) in [5, 5.41) is 3.62. The van der Waals surface area contributed by atoms with Gasteiger partial charge in [0, 0.05) is 11.8 Å². The Bertz CT molecular complexity index is 317. The third-order valence-corrected chi connectivity index (χ3v) is 1.38. The largest absolute Gasteiger partial charge is 0.271 e. The Morgan fingerprint density at radius 1 is 1.38 bits per heavy atom. The molecule has 0 unspecified atom stereocenters. The van der Waals surface area contributed by atoms with Crippen LogP contribution in [0.4, 0.5) is 0 Å². The van der Waals surface area contributed by atoms with Gasteiger partial charge < -0.3 is 0 Å². The molecule has 1 rings (SSSR count). The van der Waals surface area contributed by atoms with Crippen molar-refractivity contribution in [3.63, 3.8) is 0 Å². The lowest BCUT2D eigenvalue weighted by Crippen LogP contribution is -2.16. The molecule has 0 aliphatic rings. The van der Waals surface area contributed by atoms with Crippen molar-refractivity contribution in [2.24, 2.45) is 5.10 Å². The first-order valence-electron chi connectivity index (χ1n) is 3.84. The maximum atomic E-state index is 11.3. The van der Waals surface area contributed by atoms with Crippen molar-refractivity contribution in [2.75, 3.05) is 0 Å². The summed E-state index contributed by atoms with van der Waals surface area (Å²) in [6, 6.07) is 8.89. The summed E-state index contributed by atoms with van der Waals surface area (Å²) in [5.74, 6) is -0.223. The van der Waals surface area contributed by atoms with Crippen LogP contribution in [-0.4, -0.2) is 12.1 Å². The fraction of sp³-hybridized carbons (Fsp3) is 0. The average Bonchev–Trinajstić information content (AvgIpc) is 2.19. The fourth-order valence-electron chi connectivity index (χ4n) is 0.803. The smallest absolute Gasteiger partial charge is 0.267 e. The van der Waals surface area contributed by atoms with E-state index in [0.717, 1.165) is 0 Å². The van der Waals surface area contributed by atoms with E-state index in [1.165, 1.54) is 12.3 Å².